The number of ketones is 1. The van der Waals surface area contributed by atoms with E-state index < -0.39 is 0 Å². The van der Waals surface area contributed by atoms with Gasteiger partial charge in [0, 0.05) is 22.5 Å². The van der Waals surface area contributed by atoms with Crippen LogP contribution in [0.25, 0.3) is 0 Å². The van der Waals surface area contributed by atoms with Gasteiger partial charge < -0.3 is 5.32 Å². The molecule has 2 aromatic carbocycles. The summed E-state index contributed by atoms with van der Waals surface area (Å²) in [7, 11) is 0. The van der Waals surface area contributed by atoms with E-state index in [4.69, 9.17) is 0 Å². The molecule has 0 aliphatic carbocycles. The van der Waals surface area contributed by atoms with E-state index in [0.29, 0.717) is 22.5 Å². The summed E-state index contributed by atoms with van der Waals surface area (Å²) in [5, 5.41) is 9.68. The van der Waals surface area contributed by atoms with E-state index in [2.05, 4.69) is 15.5 Å². The van der Waals surface area contributed by atoms with Crippen LogP contribution in [0.5, 0.6) is 0 Å². The van der Waals surface area contributed by atoms with Gasteiger partial charge in [-0.3, -0.25) is 14.7 Å². The Kier molecular flexibility index (Phi) is 4.75. The first-order valence-electron chi connectivity index (χ1n) is 8.11. The van der Waals surface area contributed by atoms with Gasteiger partial charge in [0.15, 0.2) is 11.5 Å². The first-order valence-corrected chi connectivity index (χ1v) is 8.11. The van der Waals surface area contributed by atoms with Crippen molar-refractivity contribution in [2.24, 2.45) is 0 Å². The lowest BCUT2D eigenvalue weighted by Gasteiger charge is -2.06. The van der Waals surface area contributed by atoms with Gasteiger partial charge in [-0.15, -0.1) is 0 Å². The molecule has 1 heterocycles. The average Bonchev–Trinajstić information content (AvgIpc) is 3.13. The molecule has 126 valence electrons. The van der Waals surface area contributed by atoms with E-state index in [1.165, 1.54) is 0 Å². The molecule has 3 rings (SSSR count). The second kappa shape index (κ2) is 7.13. The summed E-state index contributed by atoms with van der Waals surface area (Å²) in [4.78, 5) is 24.8. The number of nitrogens with one attached hydrogen (secondary N) is 2. The van der Waals surface area contributed by atoms with Gasteiger partial charge in [0.2, 0.25) is 0 Å². The van der Waals surface area contributed by atoms with Crippen molar-refractivity contribution in [3.8, 4) is 0 Å². The number of H-pyrrole nitrogens is 1. The van der Waals surface area contributed by atoms with Gasteiger partial charge in [0.25, 0.3) is 5.91 Å². The monoisotopic (exact) mass is 333 g/mol. The molecule has 0 saturated carbocycles. The molecule has 5 heteroatoms. The van der Waals surface area contributed by atoms with Crippen LogP contribution in [0.15, 0.2) is 60.7 Å². The van der Waals surface area contributed by atoms with Gasteiger partial charge in [-0.2, -0.15) is 5.10 Å². The fourth-order valence-electron chi connectivity index (χ4n) is 2.44. The molecule has 0 bridgehead atoms. The normalized spacial score (nSPS) is 10.7. The maximum atomic E-state index is 12.5. The first kappa shape index (κ1) is 16.6. The average molecular weight is 333 g/mol. The zero-order chi connectivity index (χ0) is 17.8. The number of hydrogen-bond acceptors (Lipinski definition) is 3. The molecule has 0 saturated heterocycles. The number of benzene rings is 2. The van der Waals surface area contributed by atoms with Crippen LogP contribution in [0, 0.1) is 0 Å². The molecule has 0 atom stereocenters. The second-order valence-corrected chi connectivity index (χ2v) is 6.09. The van der Waals surface area contributed by atoms with Crippen molar-refractivity contribution in [2.75, 3.05) is 5.32 Å². The third-order valence-corrected chi connectivity index (χ3v) is 3.87. The molecular formula is C20H19N3O2. The number of carbonyl (C=O) groups is 2. The van der Waals surface area contributed by atoms with Crippen LogP contribution >= 0.6 is 0 Å². The summed E-state index contributed by atoms with van der Waals surface area (Å²) in [6, 6.07) is 17.7. The zero-order valence-electron chi connectivity index (χ0n) is 14.1. The number of nitrogens with zero attached hydrogens (tertiary/aromatic N) is 1. The van der Waals surface area contributed by atoms with Crippen LogP contribution in [0.1, 0.15) is 51.9 Å². The smallest absolute Gasteiger partial charge is 0.276 e. The zero-order valence-corrected chi connectivity index (χ0v) is 14.1. The first-order chi connectivity index (χ1) is 12.0. The van der Waals surface area contributed by atoms with Gasteiger partial charge in [0.1, 0.15) is 0 Å². The molecule has 0 unspecified atom stereocenters. The highest BCUT2D eigenvalue weighted by atomic mass is 16.2. The third kappa shape index (κ3) is 3.83. The lowest BCUT2D eigenvalue weighted by molar-refractivity contribution is 0.101. The molecule has 2 N–H and O–H groups in total. The molecule has 0 aliphatic rings. The van der Waals surface area contributed by atoms with Gasteiger partial charge in [0.05, 0.1) is 0 Å². The molecule has 0 spiro atoms. The van der Waals surface area contributed by atoms with Gasteiger partial charge in [-0.1, -0.05) is 56.3 Å². The number of hydrogen-bond donors (Lipinski definition) is 2. The Morgan fingerprint density at radius 2 is 1.68 bits per heavy atom. The molecule has 0 fully saturated rings. The summed E-state index contributed by atoms with van der Waals surface area (Å²) in [6.07, 6.45) is 0. The van der Waals surface area contributed by atoms with E-state index in [0.717, 1.165) is 5.69 Å². The Labute approximate surface area is 146 Å². The number of aromatic nitrogens is 2. The predicted octanol–water partition coefficient (Wildman–Crippen LogP) is 4.02. The van der Waals surface area contributed by atoms with Crippen molar-refractivity contribution in [3.05, 3.63) is 83.2 Å². The molecule has 1 aromatic heterocycles. The van der Waals surface area contributed by atoms with E-state index in [1.807, 2.05) is 32.0 Å². The SMILES string of the molecule is CC(C)c1cc(C(=O)Nc2cccc(C(=O)c3ccccc3)c2)n[nH]1. The Hall–Kier alpha value is -3.21. The van der Waals surface area contributed by atoms with Crippen LogP contribution < -0.4 is 5.32 Å². The Morgan fingerprint density at radius 1 is 0.960 bits per heavy atom. The molecule has 3 aromatic rings. The fraction of sp³-hybridized carbons (Fsp3) is 0.150. The Bertz CT molecular complexity index is 898. The van der Waals surface area contributed by atoms with Crippen molar-refractivity contribution in [3.63, 3.8) is 0 Å². The highest BCUT2D eigenvalue weighted by Crippen LogP contribution is 2.17. The van der Waals surface area contributed by atoms with Crippen molar-refractivity contribution in [1.29, 1.82) is 0 Å². The van der Waals surface area contributed by atoms with Crippen molar-refractivity contribution in [1.82, 2.24) is 10.2 Å². The van der Waals surface area contributed by atoms with E-state index in [1.54, 1.807) is 42.5 Å². The molecule has 1 amide bonds. The lowest BCUT2D eigenvalue weighted by atomic mass is 10.0. The number of amides is 1. The Morgan fingerprint density at radius 3 is 2.36 bits per heavy atom. The van der Waals surface area contributed by atoms with Crippen LogP contribution in [0.3, 0.4) is 0 Å². The highest BCUT2D eigenvalue weighted by molar-refractivity contribution is 6.10. The molecule has 0 aliphatic heterocycles. The van der Waals surface area contributed by atoms with Crippen molar-refractivity contribution >= 4 is 17.4 Å². The largest absolute Gasteiger partial charge is 0.321 e. The number of rotatable bonds is 5. The third-order valence-electron chi connectivity index (χ3n) is 3.87. The summed E-state index contributed by atoms with van der Waals surface area (Å²) in [5.41, 5.74) is 2.91. The van der Waals surface area contributed by atoms with Crippen LogP contribution in [-0.4, -0.2) is 21.9 Å². The van der Waals surface area contributed by atoms with Crippen molar-refractivity contribution in [2.45, 2.75) is 19.8 Å². The number of anilines is 1. The minimum absolute atomic E-state index is 0.0847. The van der Waals surface area contributed by atoms with Crippen LogP contribution in [0.2, 0.25) is 0 Å². The van der Waals surface area contributed by atoms with E-state index >= 15 is 0 Å². The van der Waals surface area contributed by atoms with E-state index in [9.17, 15) is 9.59 Å². The number of carbonyl (C=O) groups excluding carboxylic acids is 2. The predicted molar refractivity (Wildman–Crippen MR) is 96.9 cm³/mol. The maximum absolute atomic E-state index is 12.5. The lowest BCUT2D eigenvalue weighted by Crippen LogP contribution is -2.13. The number of aromatic amines is 1. The Balaban J connectivity index is 1.77. The second-order valence-electron chi connectivity index (χ2n) is 6.09. The highest BCUT2D eigenvalue weighted by Gasteiger charge is 2.14. The van der Waals surface area contributed by atoms with Crippen molar-refractivity contribution < 1.29 is 9.59 Å². The molecule has 25 heavy (non-hydrogen) atoms. The molecular weight excluding hydrogens is 314 g/mol. The molecule has 0 radical (unpaired) electrons. The fourth-order valence-corrected chi connectivity index (χ4v) is 2.44. The van der Waals surface area contributed by atoms with Crippen LogP contribution in [-0.2, 0) is 0 Å². The minimum atomic E-state index is -0.313. The van der Waals surface area contributed by atoms with E-state index in [-0.39, 0.29) is 17.6 Å². The minimum Gasteiger partial charge on any atom is -0.321 e. The summed E-state index contributed by atoms with van der Waals surface area (Å²) in [6.45, 7) is 4.04. The standard InChI is InChI=1S/C20H19N3O2/c1-13(2)17-12-18(23-22-17)20(25)21-16-10-6-9-15(11-16)19(24)14-7-4-3-5-8-14/h3-13H,1-2H3,(H,21,25)(H,22,23). The quantitative estimate of drug-likeness (QED) is 0.693. The summed E-state index contributed by atoms with van der Waals surface area (Å²) >= 11 is 0. The maximum Gasteiger partial charge on any atom is 0.276 e. The van der Waals surface area contributed by atoms with Gasteiger partial charge in [-0.05, 0) is 24.1 Å². The van der Waals surface area contributed by atoms with Gasteiger partial charge in [-0.25, -0.2) is 0 Å². The summed E-state index contributed by atoms with van der Waals surface area (Å²) in [5.74, 6) is -0.133. The summed E-state index contributed by atoms with van der Waals surface area (Å²) < 4.78 is 0. The van der Waals surface area contributed by atoms with Gasteiger partial charge >= 0.3 is 0 Å². The molecule has 5 nitrogen and oxygen atoms in total. The van der Waals surface area contributed by atoms with Crippen LogP contribution in [0.4, 0.5) is 5.69 Å². The topological polar surface area (TPSA) is 74.8 Å².